The number of benzene rings is 4. The molecule has 0 bridgehead atoms. The first-order valence-electron chi connectivity index (χ1n) is 15.2. The molecule has 0 radical (unpaired) electrons. The Morgan fingerprint density at radius 3 is 1.77 bits per heavy atom. The van der Waals surface area contributed by atoms with E-state index in [9.17, 15) is 25.9 Å². The largest absolute Gasteiger partial charge is 1.00 e. The molecule has 5 rings (SSSR count). The van der Waals surface area contributed by atoms with Crippen LogP contribution in [0.5, 0.6) is 0 Å². The van der Waals surface area contributed by atoms with Gasteiger partial charge in [0, 0.05) is 36.5 Å². The van der Waals surface area contributed by atoms with Gasteiger partial charge in [-0.3, -0.25) is 4.55 Å². The summed E-state index contributed by atoms with van der Waals surface area (Å²) in [5.74, 6) is 0. The maximum Gasteiger partial charge on any atom is 1.00 e. The average Bonchev–Trinajstić information content (AvgIpc) is 3.07. The molecule has 1 N–H and O–H groups in total. The molecule has 0 amide bonds. The zero-order valence-electron chi connectivity index (χ0n) is 27.2. The smallest absolute Gasteiger partial charge is 0.744 e. The van der Waals surface area contributed by atoms with E-state index in [1.807, 2.05) is 18.2 Å². The first-order valence-corrected chi connectivity index (χ1v) is 18.1. The fourth-order valence-electron chi connectivity index (χ4n) is 5.52. The minimum atomic E-state index is -4.48. The molecule has 8 nitrogen and oxygen atoms in total. The molecule has 0 spiro atoms. The van der Waals surface area contributed by atoms with Gasteiger partial charge in [0.1, 0.15) is 16.7 Å². The van der Waals surface area contributed by atoms with Crippen molar-refractivity contribution < 1.29 is 60.1 Å². The fraction of sp³-hybridized carbons (Fsp3) is 0.162. The molecule has 0 aliphatic heterocycles. The van der Waals surface area contributed by atoms with Crippen molar-refractivity contribution in [2.24, 2.45) is 0 Å². The van der Waals surface area contributed by atoms with Crippen LogP contribution in [-0.2, 0) is 33.3 Å². The monoisotopic (exact) mass is 691 g/mol. The molecule has 0 atom stereocenters. The molecule has 0 saturated carbocycles. The van der Waals surface area contributed by atoms with Crippen LogP contribution in [0.1, 0.15) is 36.1 Å². The molecule has 1 aliphatic rings. The third kappa shape index (κ3) is 9.29. The van der Waals surface area contributed by atoms with Gasteiger partial charge in [-0.05, 0) is 90.2 Å². The molecule has 0 saturated heterocycles. The minimum Gasteiger partial charge on any atom is -0.744 e. The van der Waals surface area contributed by atoms with Gasteiger partial charge in [0.2, 0.25) is 0 Å². The van der Waals surface area contributed by atoms with Crippen LogP contribution in [0.4, 0.5) is 5.69 Å². The Labute approximate surface area is 305 Å². The first kappa shape index (κ1) is 37.2. The van der Waals surface area contributed by atoms with Crippen molar-refractivity contribution in [3.8, 4) is 0 Å². The predicted octanol–water partition coefficient (Wildman–Crippen LogP) is 3.47. The second-order valence-electron chi connectivity index (χ2n) is 11.1. The Bertz CT molecular complexity index is 2050. The number of rotatable bonds is 11. The van der Waals surface area contributed by atoms with Crippen LogP contribution in [0.3, 0.4) is 0 Å². The Hall–Kier alpha value is -3.61. The molecule has 0 heterocycles. The summed E-state index contributed by atoms with van der Waals surface area (Å²) in [4.78, 5) is 1.83. The fourth-order valence-corrected chi connectivity index (χ4v) is 6.47. The van der Waals surface area contributed by atoms with E-state index < -0.39 is 20.2 Å². The van der Waals surface area contributed by atoms with E-state index in [2.05, 4.69) is 84.0 Å². The van der Waals surface area contributed by atoms with Crippen LogP contribution in [0.15, 0.2) is 143 Å². The van der Waals surface area contributed by atoms with Gasteiger partial charge in [0.05, 0.1) is 9.79 Å². The predicted molar refractivity (Wildman–Crippen MR) is 184 cm³/mol. The molecule has 48 heavy (non-hydrogen) atoms. The standard InChI is InChI=1S/C37H36N2O6S2.Na/c1-3-38(26-28-10-22-35(23-11-28)46(40,41)42)33-18-14-31(15-19-33)37(30-8-6-5-7-9-30)32-16-20-34(21-17-32)39(4-2)27-29-12-24-36(25-13-29)47(43,44)45;/h5-25H,3-4,26-27H2,1-2H3,(H-,40,41,42,43,44,45);/q;+1. The van der Waals surface area contributed by atoms with Gasteiger partial charge < -0.3 is 9.45 Å². The van der Waals surface area contributed by atoms with Crippen molar-refractivity contribution in [1.82, 2.24) is 0 Å². The average molecular weight is 692 g/mol. The minimum absolute atomic E-state index is 0. The first-order chi connectivity index (χ1) is 22.5. The van der Waals surface area contributed by atoms with Gasteiger partial charge >= 0.3 is 29.6 Å². The third-order valence-corrected chi connectivity index (χ3v) is 9.77. The molecular formula is C37H36N2NaO6S2+. The van der Waals surface area contributed by atoms with Crippen molar-refractivity contribution in [1.29, 1.82) is 0 Å². The van der Waals surface area contributed by atoms with Crippen LogP contribution < -0.4 is 34.5 Å². The molecule has 0 fully saturated rings. The van der Waals surface area contributed by atoms with Gasteiger partial charge in [-0.15, -0.1) is 0 Å². The van der Waals surface area contributed by atoms with Gasteiger partial charge in [-0.25, -0.2) is 13.0 Å². The number of hydrogen-bond acceptors (Lipinski definition) is 6. The third-order valence-electron chi connectivity index (χ3n) is 8.05. The van der Waals surface area contributed by atoms with Crippen molar-refractivity contribution in [3.63, 3.8) is 0 Å². The van der Waals surface area contributed by atoms with Gasteiger partial charge in [-0.1, -0.05) is 66.7 Å². The SMILES string of the molecule is CCN(Cc1ccc(S(=O)(=O)O)cc1)c1ccc(C(=C2C=CC(=[N+](CC)Cc3ccc(S(=O)(=O)[O-])cc3)C=C2)c2ccccc2)cc1.[Na+]. The number of hydrogen-bond donors (Lipinski definition) is 1. The molecule has 11 heteroatoms. The van der Waals surface area contributed by atoms with Crippen LogP contribution >= 0.6 is 0 Å². The molecule has 1 aliphatic carbocycles. The van der Waals surface area contributed by atoms with Crippen LogP contribution in [0.2, 0.25) is 0 Å². The normalized spacial score (nSPS) is 12.8. The van der Waals surface area contributed by atoms with Crippen molar-refractivity contribution in [2.75, 3.05) is 18.0 Å². The summed E-state index contributed by atoms with van der Waals surface area (Å²) in [5, 5.41) is 0. The van der Waals surface area contributed by atoms with E-state index >= 15 is 0 Å². The second-order valence-corrected chi connectivity index (χ2v) is 13.9. The summed E-state index contributed by atoms with van der Waals surface area (Å²) < 4.78 is 68.2. The summed E-state index contributed by atoms with van der Waals surface area (Å²) >= 11 is 0. The van der Waals surface area contributed by atoms with Crippen molar-refractivity contribution in [3.05, 3.63) is 155 Å². The number of allylic oxidation sites excluding steroid dienone is 5. The van der Waals surface area contributed by atoms with Gasteiger partial charge in [-0.2, -0.15) is 8.42 Å². The molecular weight excluding hydrogens is 656 g/mol. The quantitative estimate of drug-likeness (QED) is 0.146. The van der Waals surface area contributed by atoms with Crippen LogP contribution in [0.25, 0.3) is 5.57 Å². The van der Waals surface area contributed by atoms with Crippen molar-refractivity contribution in [2.45, 2.75) is 36.7 Å². The summed E-state index contributed by atoms with van der Waals surface area (Å²) in [6, 6.07) is 30.9. The van der Waals surface area contributed by atoms with Crippen LogP contribution in [0, 0.1) is 0 Å². The maximum absolute atomic E-state index is 11.4. The van der Waals surface area contributed by atoms with E-state index in [0.717, 1.165) is 57.9 Å². The summed E-state index contributed by atoms with van der Waals surface area (Å²) in [6.45, 7) is 6.73. The van der Waals surface area contributed by atoms with E-state index in [-0.39, 0.29) is 39.3 Å². The summed E-state index contributed by atoms with van der Waals surface area (Å²) in [6.07, 6.45) is 8.38. The maximum atomic E-state index is 11.4. The molecule has 242 valence electrons. The van der Waals surface area contributed by atoms with E-state index in [1.54, 1.807) is 24.3 Å². The number of anilines is 1. The Morgan fingerprint density at radius 2 is 1.25 bits per heavy atom. The van der Waals surface area contributed by atoms with E-state index in [4.69, 9.17) is 0 Å². The molecule has 4 aromatic carbocycles. The number of nitrogens with zero attached hydrogens (tertiary/aromatic N) is 2. The van der Waals surface area contributed by atoms with Gasteiger partial charge in [0.25, 0.3) is 10.1 Å². The summed E-state index contributed by atoms with van der Waals surface area (Å²) in [7, 11) is -8.72. The van der Waals surface area contributed by atoms with Crippen LogP contribution in [-0.4, -0.2) is 49.3 Å². The molecule has 4 aromatic rings. The Balaban J connectivity index is 0.00000520. The second kappa shape index (κ2) is 16.2. The molecule has 0 aromatic heterocycles. The van der Waals surface area contributed by atoms with E-state index in [1.165, 1.54) is 24.3 Å². The molecule has 0 unspecified atom stereocenters. The van der Waals surface area contributed by atoms with Crippen molar-refractivity contribution >= 4 is 37.2 Å². The van der Waals surface area contributed by atoms with Gasteiger partial charge in [0.15, 0.2) is 12.3 Å². The zero-order chi connectivity index (χ0) is 33.6. The zero-order valence-corrected chi connectivity index (χ0v) is 30.8. The summed E-state index contributed by atoms with van der Waals surface area (Å²) in [5.41, 5.74) is 8.15. The Kier molecular flexibility index (Phi) is 12.6. The van der Waals surface area contributed by atoms with E-state index in [0.29, 0.717) is 13.1 Å². The topological polar surface area (TPSA) is 118 Å². The Morgan fingerprint density at radius 1 is 0.708 bits per heavy atom.